The van der Waals surface area contributed by atoms with Gasteiger partial charge in [-0.05, 0) is 56.4 Å². The molecule has 0 unspecified atom stereocenters. The van der Waals surface area contributed by atoms with Crippen LogP contribution in [0.25, 0.3) is 0 Å². The summed E-state index contributed by atoms with van der Waals surface area (Å²) in [7, 11) is 0. The molecule has 0 aromatic heterocycles. The van der Waals surface area contributed by atoms with Crippen LogP contribution in [0.1, 0.15) is 31.4 Å². The van der Waals surface area contributed by atoms with E-state index in [9.17, 15) is 4.79 Å². The van der Waals surface area contributed by atoms with Gasteiger partial charge in [-0.25, -0.2) is 4.79 Å². The van der Waals surface area contributed by atoms with Crippen molar-refractivity contribution >= 4 is 11.7 Å². The quantitative estimate of drug-likeness (QED) is 0.853. The maximum absolute atomic E-state index is 11.9. The van der Waals surface area contributed by atoms with Crippen LogP contribution in [0.3, 0.4) is 0 Å². The topological polar surface area (TPSA) is 32.3 Å². The molecule has 17 heavy (non-hydrogen) atoms. The maximum Gasteiger partial charge on any atom is 0.321 e. The van der Waals surface area contributed by atoms with Gasteiger partial charge < -0.3 is 10.2 Å². The van der Waals surface area contributed by atoms with Crippen molar-refractivity contribution in [3.05, 3.63) is 29.3 Å². The van der Waals surface area contributed by atoms with E-state index >= 15 is 0 Å². The number of benzene rings is 1. The Morgan fingerprint density at radius 3 is 2.65 bits per heavy atom. The molecule has 0 fully saturated rings. The van der Waals surface area contributed by atoms with Crippen LogP contribution in [-0.4, -0.2) is 24.0 Å². The molecule has 1 aliphatic rings. The van der Waals surface area contributed by atoms with Gasteiger partial charge in [0.2, 0.25) is 0 Å². The highest BCUT2D eigenvalue weighted by Crippen LogP contribution is 2.24. The summed E-state index contributed by atoms with van der Waals surface area (Å²) in [5.74, 6) is 0. The summed E-state index contributed by atoms with van der Waals surface area (Å²) in [5.41, 5.74) is 3.75. The van der Waals surface area contributed by atoms with Gasteiger partial charge in [0.15, 0.2) is 0 Å². The Morgan fingerprint density at radius 1 is 1.24 bits per heavy atom. The van der Waals surface area contributed by atoms with Crippen molar-refractivity contribution in [3.8, 4) is 0 Å². The minimum atomic E-state index is -0.00653. The molecule has 0 bridgehead atoms. The second kappa shape index (κ2) is 5.21. The molecular formula is C14H20N2O. The van der Waals surface area contributed by atoms with Crippen LogP contribution in [0.15, 0.2) is 18.2 Å². The second-order valence-electron chi connectivity index (χ2n) is 4.44. The molecule has 1 aromatic rings. The van der Waals surface area contributed by atoms with Crippen molar-refractivity contribution in [2.45, 2.75) is 33.1 Å². The summed E-state index contributed by atoms with van der Waals surface area (Å²) >= 11 is 0. The van der Waals surface area contributed by atoms with Gasteiger partial charge in [-0.3, -0.25) is 0 Å². The van der Waals surface area contributed by atoms with Crippen molar-refractivity contribution in [2.75, 3.05) is 18.4 Å². The lowest BCUT2D eigenvalue weighted by atomic mass is 10.1. The lowest BCUT2D eigenvalue weighted by molar-refractivity contribution is 0.217. The van der Waals surface area contributed by atoms with Gasteiger partial charge in [-0.15, -0.1) is 0 Å². The van der Waals surface area contributed by atoms with E-state index in [4.69, 9.17) is 0 Å². The first-order valence-electron chi connectivity index (χ1n) is 6.42. The summed E-state index contributed by atoms with van der Waals surface area (Å²) in [4.78, 5) is 13.7. The number of hydrogen-bond acceptors (Lipinski definition) is 1. The van der Waals surface area contributed by atoms with Crippen LogP contribution >= 0.6 is 0 Å². The van der Waals surface area contributed by atoms with Crippen LogP contribution in [0.2, 0.25) is 0 Å². The Morgan fingerprint density at radius 2 is 1.94 bits per heavy atom. The standard InChI is InChI=1S/C14H20N2O/c1-3-16(4-2)14(17)15-13-9-8-11-6-5-7-12(11)10-13/h8-10H,3-7H2,1-2H3,(H,15,17). The number of hydrogen-bond donors (Lipinski definition) is 1. The van der Waals surface area contributed by atoms with Crippen molar-refractivity contribution in [2.24, 2.45) is 0 Å². The first-order chi connectivity index (χ1) is 8.24. The molecule has 92 valence electrons. The van der Waals surface area contributed by atoms with E-state index in [-0.39, 0.29) is 6.03 Å². The lowest BCUT2D eigenvalue weighted by Gasteiger charge is -2.19. The van der Waals surface area contributed by atoms with Crippen LogP contribution in [0, 0.1) is 0 Å². The van der Waals surface area contributed by atoms with E-state index in [1.807, 2.05) is 19.9 Å². The van der Waals surface area contributed by atoms with Crippen LogP contribution in [-0.2, 0) is 12.8 Å². The predicted octanol–water partition coefficient (Wildman–Crippen LogP) is 3.05. The Bertz CT molecular complexity index is 411. The van der Waals surface area contributed by atoms with Gasteiger partial charge in [-0.1, -0.05) is 6.07 Å². The average Bonchev–Trinajstić information content (AvgIpc) is 2.77. The number of carbonyl (C=O) groups excluding carboxylic acids is 1. The Kier molecular flexibility index (Phi) is 3.67. The third kappa shape index (κ3) is 2.60. The van der Waals surface area contributed by atoms with Gasteiger partial charge >= 0.3 is 6.03 Å². The van der Waals surface area contributed by atoms with Gasteiger partial charge in [0, 0.05) is 18.8 Å². The number of amides is 2. The third-order valence-electron chi connectivity index (χ3n) is 3.40. The number of anilines is 1. The number of rotatable bonds is 3. The van der Waals surface area contributed by atoms with Crippen molar-refractivity contribution in [3.63, 3.8) is 0 Å². The molecule has 2 amide bonds. The zero-order valence-corrected chi connectivity index (χ0v) is 10.6. The van der Waals surface area contributed by atoms with Crippen LogP contribution in [0.5, 0.6) is 0 Å². The zero-order chi connectivity index (χ0) is 12.3. The van der Waals surface area contributed by atoms with Gasteiger partial charge in [0.05, 0.1) is 0 Å². The van der Waals surface area contributed by atoms with E-state index in [1.54, 1.807) is 4.90 Å². The highest BCUT2D eigenvalue weighted by atomic mass is 16.2. The van der Waals surface area contributed by atoms with E-state index in [0.717, 1.165) is 25.2 Å². The molecule has 3 nitrogen and oxygen atoms in total. The molecule has 3 heteroatoms. The van der Waals surface area contributed by atoms with E-state index in [0.29, 0.717) is 0 Å². The summed E-state index contributed by atoms with van der Waals surface area (Å²) in [5, 5.41) is 2.96. The van der Waals surface area contributed by atoms with Crippen molar-refractivity contribution in [1.82, 2.24) is 4.90 Å². The largest absolute Gasteiger partial charge is 0.325 e. The molecular weight excluding hydrogens is 212 g/mol. The van der Waals surface area contributed by atoms with Crippen molar-refractivity contribution in [1.29, 1.82) is 0 Å². The number of fused-ring (bicyclic) bond motifs is 1. The van der Waals surface area contributed by atoms with E-state index in [1.165, 1.54) is 24.0 Å². The van der Waals surface area contributed by atoms with Crippen LogP contribution < -0.4 is 5.32 Å². The molecule has 0 radical (unpaired) electrons. The molecule has 0 saturated heterocycles. The molecule has 0 saturated carbocycles. The highest BCUT2D eigenvalue weighted by Gasteiger charge is 2.13. The normalized spacial score (nSPS) is 13.3. The molecule has 2 rings (SSSR count). The average molecular weight is 232 g/mol. The molecule has 1 aromatic carbocycles. The fraction of sp³-hybridized carbons (Fsp3) is 0.500. The molecule has 0 heterocycles. The van der Waals surface area contributed by atoms with Gasteiger partial charge in [-0.2, -0.15) is 0 Å². The zero-order valence-electron chi connectivity index (χ0n) is 10.6. The number of urea groups is 1. The maximum atomic E-state index is 11.9. The fourth-order valence-corrected chi connectivity index (χ4v) is 2.36. The van der Waals surface area contributed by atoms with Gasteiger partial charge in [0.1, 0.15) is 0 Å². The first kappa shape index (κ1) is 12.0. The summed E-state index contributed by atoms with van der Waals surface area (Å²) in [6, 6.07) is 6.25. The fourth-order valence-electron chi connectivity index (χ4n) is 2.36. The summed E-state index contributed by atoms with van der Waals surface area (Å²) in [6.45, 7) is 5.47. The lowest BCUT2D eigenvalue weighted by Crippen LogP contribution is -2.34. The van der Waals surface area contributed by atoms with Crippen molar-refractivity contribution < 1.29 is 4.79 Å². The molecule has 1 N–H and O–H groups in total. The minimum Gasteiger partial charge on any atom is -0.325 e. The monoisotopic (exact) mass is 232 g/mol. The highest BCUT2D eigenvalue weighted by molar-refractivity contribution is 5.89. The number of nitrogens with zero attached hydrogens (tertiary/aromatic N) is 1. The number of nitrogens with one attached hydrogen (secondary N) is 1. The SMILES string of the molecule is CCN(CC)C(=O)Nc1ccc2c(c1)CCC2. The summed E-state index contributed by atoms with van der Waals surface area (Å²) in [6.07, 6.45) is 3.56. The van der Waals surface area contributed by atoms with Gasteiger partial charge in [0.25, 0.3) is 0 Å². The number of aryl methyl sites for hydroxylation is 2. The minimum absolute atomic E-state index is 0.00653. The second-order valence-corrected chi connectivity index (χ2v) is 4.44. The smallest absolute Gasteiger partial charge is 0.321 e. The molecule has 1 aliphatic carbocycles. The number of carbonyl (C=O) groups is 1. The Labute approximate surface area is 103 Å². The van der Waals surface area contributed by atoms with Crippen LogP contribution in [0.4, 0.5) is 10.5 Å². The predicted molar refractivity (Wildman–Crippen MR) is 70.4 cm³/mol. The third-order valence-corrected chi connectivity index (χ3v) is 3.40. The summed E-state index contributed by atoms with van der Waals surface area (Å²) < 4.78 is 0. The van der Waals surface area contributed by atoms with E-state index in [2.05, 4.69) is 17.4 Å². The Hall–Kier alpha value is -1.51. The van der Waals surface area contributed by atoms with E-state index < -0.39 is 0 Å². The Balaban J connectivity index is 2.06. The first-order valence-corrected chi connectivity index (χ1v) is 6.42. The molecule has 0 spiro atoms. The molecule has 0 atom stereocenters. The molecule has 0 aliphatic heterocycles.